The highest BCUT2D eigenvalue weighted by Gasteiger charge is 2.57. The molecular weight excluding hydrogens is 510 g/mol. The lowest BCUT2D eigenvalue weighted by atomic mass is 9.59. The first kappa shape index (κ1) is 22.5. The average molecular weight is 530 g/mol. The largest absolute Gasteiger partial charge is 0.508 e. The minimum atomic E-state index is -0.865. The van der Waals surface area contributed by atoms with Crippen molar-refractivity contribution in [3.8, 4) is 17.2 Å². The van der Waals surface area contributed by atoms with E-state index in [-0.39, 0.29) is 62.3 Å². The lowest BCUT2D eigenvalue weighted by Gasteiger charge is -2.42. The van der Waals surface area contributed by atoms with Gasteiger partial charge in [-0.2, -0.15) is 5.06 Å². The van der Waals surface area contributed by atoms with Gasteiger partial charge in [0.05, 0.1) is 30.5 Å². The lowest BCUT2D eigenvalue weighted by molar-refractivity contribution is -0.173. The molecule has 2 N–H and O–H groups in total. The van der Waals surface area contributed by atoms with Crippen molar-refractivity contribution in [1.82, 2.24) is 5.06 Å². The number of fused-ring (bicyclic) bond motifs is 3. The van der Waals surface area contributed by atoms with Crippen LogP contribution in [0.3, 0.4) is 0 Å². The quantitative estimate of drug-likeness (QED) is 0.264. The molecule has 0 saturated carbocycles. The summed E-state index contributed by atoms with van der Waals surface area (Å²) >= 11 is 3.16. The number of ether oxygens (including phenoxy) is 2. The Morgan fingerprint density at radius 2 is 1.68 bits per heavy atom. The number of carbonyl (C=O) groups is 4. The van der Waals surface area contributed by atoms with E-state index in [1.54, 1.807) is 0 Å². The molecule has 0 spiro atoms. The summed E-state index contributed by atoms with van der Waals surface area (Å²) in [6.07, 6.45) is 3.30. The van der Waals surface area contributed by atoms with E-state index >= 15 is 0 Å². The van der Waals surface area contributed by atoms with Crippen LogP contribution in [-0.4, -0.2) is 53.0 Å². The van der Waals surface area contributed by atoms with Crippen LogP contribution < -0.4 is 9.47 Å². The van der Waals surface area contributed by atoms with Gasteiger partial charge in [-0.05, 0) is 34.7 Å². The second kappa shape index (κ2) is 7.92. The molecule has 0 aromatic heterocycles. The van der Waals surface area contributed by atoms with Crippen LogP contribution in [0.2, 0.25) is 0 Å². The number of halogens is 1. The number of phenols is 1. The average Bonchev–Trinajstić information content (AvgIpc) is 3.04. The molecule has 0 bridgehead atoms. The molecule has 4 atom stereocenters. The zero-order valence-electron chi connectivity index (χ0n) is 18.2. The Kier molecular flexibility index (Phi) is 5.25. The van der Waals surface area contributed by atoms with Gasteiger partial charge in [0.2, 0.25) is 0 Å². The first-order chi connectivity index (χ1) is 16.2. The number of hydrogen-bond donors (Lipinski definition) is 2. The van der Waals surface area contributed by atoms with Gasteiger partial charge in [0.1, 0.15) is 17.2 Å². The summed E-state index contributed by atoms with van der Waals surface area (Å²) < 4.78 is 11.2. The van der Waals surface area contributed by atoms with Crippen LogP contribution in [0.15, 0.2) is 45.5 Å². The summed E-state index contributed by atoms with van der Waals surface area (Å²) in [5, 5.41) is 20.3. The first-order valence-electron chi connectivity index (χ1n) is 10.6. The predicted molar refractivity (Wildman–Crippen MR) is 119 cm³/mol. The molecule has 1 saturated heterocycles. The van der Waals surface area contributed by atoms with Crippen molar-refractivity contribution < 1.29 is 39.0 Å². The minimum Gasteiger partial charge on any atom is -0.508 e. The summed E-state index contributed by atoms with van der Waals surface area (Å²) in [5.74, 6) is -4.81. The van der Waals surface area contributed by atoms with Gasteiger partial charge in [-0.3, -0.25) is 24.4 Å². The number of carbonyl (C=O) groups excluding carboxylic acids is 4. The number of benzene rings is 1. The van der Waals surface area contributed by atoms with E-state index in [9.17, 15) is 29.5 Å². The molecule has 5 rings (SSSR count). The monoisotopic (exact) mass is 529 g/mol. The number of Topliss-reactive ketones (excluding diaryl/α,β-unsaturated/α-hetero) is 1. The number of imide groups is 1. The van der Waals surface area contributed by atoms with Crippen LogP contribution >= 0.6 is 15.9 Å². The summed E-state index contributed by atoms with van der Waals surface area (Å²) in [6.45, 7) is 0. The molecule has 1 heterocycles. The Hall–Kier alpha value is -3.24. The van der Waals surface area contributed by atoms with Gasteiger partial charge in [0, 0.05) is 40.8 Å². The van der Waals surface area contributed by atoms with Crippen LogP contribution in [-0.2, 0) is 19.2 Å². The Labute approximate surface area is 202 Å². The van der Waals surface area contributed by atoms with Gasteiger partial charge < -0.3 is 14.6 Å². The number of hydrogen-bond acceptors (Lipinski definition) is 8. The Morgan fingerprint density at radius 3 is 2.29 bits per heavy atom. The van der Waals surface area contributed by atoms with E-state index in [0.717, 1.165) is 0 Å². The molecule has 1 fully saturated rings. The highest BCUT2D eigenvalue weighted by molar-refractivity contribution is 9.12. The summed E-state index contributed by atoms with van der Waals surface area (Å²) in [4.78, 5) is 51.8. The molecule has 34 heavy (non-hydrogen) atoms. The van der Waals surface area contributed by atoms with E-state index in [1.807, 2.05) is 6.08 Å². The second-order valence-electron chi connectivity index (χ2n) is 8.65. The van der Waals surface area contributed by atoms with Crippen LogP contribution in [0.1, 0.15) is 24.3 Å². The maximum atomic E-state index is 13.3. The molecule has 10 heteroatoms. The fourth-order valence-corrected chi connectivity index (χ4v) is 6.18. The standard InChI is InChI=1S/C24H20BrNO8/c1-33-16-5-9(27)6-17(34-2)21(16)20-10-3-4-11-18(24(31)26(32)23(11)30)12(10)7-13-19(20)15(28)8-14(25)22(13)29/h3,5-6,8,11-12,18,20,27,32H,4,7H2,1-2H3/t11-,12+,18-,20-/m0/s1. The van der Waals surface area contributed by atoms with Crippen LogP contribution in [0.5, 0.6) is 17.2 Å². The number of amides is 2. The van der Waals surface area contributed by atoms with E-state index in [1.165, 1.54) is 32.4 Å². The number of methoxy groups -OCH3 is 2. The van der Waals surface area contributed by atoms with Crippen LogP contribution in [0, 0.1) is 17.8 Å². The van der Waals surface area contributed by atoms with Crippen molar-refractivity contribution in [2.45, 2.75) is 18.8 Å². The Bertz CT molecular complexity index is 1250. The third-order valence-corrected chi connectivity index (χ3v) is 7.71. The third-order valence-electron chi connectivity index (χ3n) is 7.13. The first-order valence-corrected chi connectivity index (χ1v) is 11.4. The summed E-state index contributed by atoms with van der Waals surface area (Å²) in [5.41, 5.74) is 1.58. The molecule has 0 unspecified atom stereocenters. The number of hydroxylamine groups is 2. The molecule has 0 radical (unpaired) electrons. The van der Waals surface area contributed by atoms with Crippen molar-refractivity contribution in [2.24, 2.45) is 17.8 Å². The molecule has 4 aliphatic rings. The Balaban J connectivity index is 1.79. The van der Waals surface area contributed by atoms with Crippen LogP contribution in [0.25, 0.3) is 0 Å². The zero-order chi connectivity index (χ0) is 24.5. The van der Waals surface area contributed by atoms with E-state index in [0.29, 0.717) is 11.1 Å². The van der Waals surface area contributed by atoms with Crippen molar-refractivity contribution in [3.05, 3.63) is 51.0 Å². The van der Waals surface area contributed by atoms with Crippen molar-refractivity contribution in [1.29, 1.82) is 0 Å². The smallest absolute Gasteiger partial charge is 0.257 e. The second-order valence-corrected chi connectivity index (χ2v) is 9.50. The van der Waals surface area contributed by atoms with E-state index in [4.69, 9.17) is 9.47 Å². The number of phenolic OH excluding ortho intramolecular Hbond substituents is 1. The van der Waals surface area contributed by atoms with Gasteiger partial charge in [0.15, 0.2) is 11.6 Å². The maximum Gasteiger partial charge on any atom is 0.257 e. The molecule has 9 nitrogen and oxygen atoms in total. The fourth-order valence-electron chi connectivity index (χ4n) is 5.73. The number of allylic oxidation sites excluding steroid dienone is 6. The van der Waals surface area contributed by atoms with Gasteiger partial charge >= 0.3 is 0 Å². The van der Waals surface area contributed by atoms with E-state index < -0.39 is 35.5 Å². The molecule has 1 aromatic rings. The fraction of sp³-hybridized carbons (Fsp3) is 0.333. The number of nitrogens with zero attached hydrogens (tertiary/aromatic N) is 1. The minimum absolute atomic E-state index is 0.0714. The number of rotatable bonds is 3. The van der Waals surface area contributed by atoms with Gasteiger partial charge in [-0.1, -0.05) is 11.6 Å². The molecule has 3 aliphatic carbocycles. The SMILES string of the molecule is COc1cc(O)cc(OC)c1[C@H]1C2=CC[C@@H]3C(=O)N(O)C(=O)[C@@H]3[C@@H]2CC2=C1C(=O)C=C(Br)C2=O. The van der Waals surface area contributed by atoms with E-state index in [2.05, 4.69) is 15.9 Å². The van der Waals surface area contributed by atoms with Crippen molar-refractivity contribution in [2.75, 3.05) is 14.2 Å². The molecule has 1 aromatic carbocycles. The van der Waals surface area contributed by atoms with Gasteiger partial charge in [-0.25, -0.2) is 0 Å². The lowest BCUT2D eigenvalue weighted by Crippen LogP contribution is -2.39. The number of aromatic hydroxyl groups is 1. The summed E-state index contributed by atoms with van der Waals surface area (Å²) in [7, 11) is 2.82. The Morgan fingerprint density at radius 1 is 1.03 bits per heavy atom. The van der Waals surface area contributed by atoms with Crippen molar-refractivity contribution in [3.63, 3.8) is 0 Å². The van der Waals surface area contributed by atoms with Crippen molar-refractivity contribution >= 4 is 39.3 Å². The summed E-state index contributed by atoms with van der Waals surface area (Å²) in [6, 6.07) is 2.77. The van der Waals surface area contributed by atoms with Gasteiger partial charge in [-0.15, -0.1) is 0 Å². The predicted octanol–water partition coefficient (Wildman–Crippen LogP) is 2.56. The maximum absolute atomic E-state index is 13.3. The topological polar surface area (TPSA) is 130 Å². The molecular formula is C24H20BrNO8. The third kappa shape index (κ3) is 3.01. The van der Waals surface area contributed by atoms with Gasteiger partial charge in [0.25, 0.3) is 11.8 Å². The number of ketones is 2. The normalized spacial score (nSPS) is 28.3. The van der Waals surface area contributed by atoms with Crippen LogP contribution in [0.4, 0.5) is 0 Å². The molecule has 1 aliphatic heterocycles. The zero-order valence-corrected chi connectivity index (χ0v) is 19.8. The highest BCUT2D eigenvalue weighted by Crippen LogP contribution is 2.57. The molecule has 176 valence electrons. The molecule has 2 amide bonds. The highest BCUT2D eigenvalue weighted by atomic mass is 79.9.